The number of hydrogen-bond acceptors (Lipinski definition) is 5. The Kier molecular flexibility index (Phi) is 9.26. The molecule has 19 heavy (non-hydrogen) atoms. The lowest BCUT2D eigenvalue weighted by Crippen LogP contribution is -2.16. The number of esters is 1. The van der Waals surface area contributed by atoms with Gasteiger partial charge in [0, 0.05) is 18.4 Å². The summed E-state index contributed by atoms with van der Waals surface area (Å²) in [5, 5.41) is 0. The van der Waals surface area contributed by atoms with E-state index in [0.29, 0.717) is 18.3 Å². The Morgan fingerprint density at radius 3 is 2.47 bits per heavy atom. The monoisotopic (exact) mass is 268 g/mol. The quantitative estimate of drug-likeness (QED) is 0.274. The number of ketones is 1. The molecule has 0 spiro atoms. The molecular formula is C14H20O5. The fourth-order valence-corrected chi connectivity index (χ4v) is 1.28. The molecule has 5 heteroatoms. The van der Waals surface area contributed by atoms with Crippen LogP contribution in [0.4, 0.5) is 0 Å². The summed E-state index contributed by atoms with van der Waals surface area (Å²) in [6, 6.07) is 0. The van der Waals surface area contributed by atoms with Gasteiger partial charge in [-0.25, -0.2) is 4.79 Å². The van der Waals surface area contributed by atoms with E-state index in [9.17, 15) is 14.4 Å². The summed E-state index contributed by atoms with van der Waals surface area (Å²) in [4.78, 5) is 32.7. The summed E-state index contributed by atoms with van der Waals surface area (Å²) >= 11 is 0. The van der Waals surface area contributed by atoms with Crippen LogP contribution in [0.5, 0.6) is 0 Å². The Labute approximate surface area is 113 Å². The molecule has 0 saturated heterocycles. The molecule has 0 aromatic heterocycles. The molecule has 0 amide bonds. The lowest BCUT2D eigenvalue weighted by Gasteiger charge is -2.10. The first-order valence-electron chi connectivity index (χ1n) is 6.05. The van der Waals surface area contributed by atoms with Crippen molar-refractivity contribution < 1.29 is 23.9 Å². The summed E-state index contributed by atoms with van der Waals surface area (Å²) < 4.78 is 9.79. The molecule has 0 radical (unpaired) electrons. The van der Waals surface area contributed by atoms with E-state index in [2.05, 4.69) is 4.74 Å². The fraction of sp³-hybridized carbons (Fsp3) is 0.500. The number of rotatable bonds is 9. The molecule has 0 aliphatic carbocycles. The number of hydrogen-bond donors (Lipinski definition) is 0. The highest BCUT2D eigenvalue weighted by Crippen LogP contribution is 2.04. The Balaban J connectivity index is 4.27. The first-order valence-corrected chi connectivity index (χ1v) is 6.05. The normalized spacial score (nSPS) is 13.3. The Hall–Kier alpha value is -1.75. The van der Waals surface area contributed by atoms with Crippen LogP contribution in [0.15, 0.2) is 23.8 Å². The minimum Gasteiger partial charge on any atom is -0.466 e. The van der Waals surface area contributed by atoms with Crippen molar-refractivity contribution in [2.24, 2.45) is 5.92 Å². The third kappa shape index (κ3) is 8.05. The van der Waals surface area contributed by atoms with Crippen LogP contribution in [-0.4, -0.2) is 38.4 Å². The summed E-state index contributed by atoms with van der Waals surface area (Å²) in [5.74, 6) is -0.551. The second-order valence-electron chi connectivity index (χ2n) is 3.97. The number of carbonyl (C=O) groups is 3. The van der Waals surface area contributed by atoms with E-state index in [0.717, 1.165) is 0 Å². The predicted octanol–water partition coefficient (Wildman–Crippen LogP) is 1.47. The molecular weight excluding hydrogens is 248 g/mol. The second kappa shape index (κ2) is 10.2. The van der Waals surface area contributed by atoms with Crippen LogP contribution in [0.25, 0.3) is 0 Å². The van der Waals surface area contributed by atoms with Gasteiger partial charge in [0.2, 0.25) is 0 Å². The second-order valence-corrected chi connectivity index (χ2v) is 3.97. The van der Waals surface area contributed by atoms with Crippen molar-refractivity contribution >= 4 is 18.0 Å². The molecule has 5 nitrogen and oxygen atoms in total. The van der Waals surface area contributed by atoms with Crippen molar-refractivity contribution in [2.45, 2.75) is 20.3 Å². The average molecular weight is 268 g/mol. The van der Waals surface area contributed by atoms with Crippen LogP contribution in [-0.2, 0) is 23.9 Å². The zero-order chi connectivity index (χ0) is 14.7. The van der Waals surface area contributed by atoms with Gasteiger partial charge >= 0.3 is 5.97 Å². The minimum atomic E-state index is -0.508. The third-order valence-electron chi connectivity index (χ3n) is 2.45. The van der Waals surface area contributed by atoms with Gasteiger partial charge in [0.15, 0.2) is 0 Å². The van der Waals surface area contributed by atoms with Gasteiger partial charge < -0.3 is 9.47 Å². The lowest BCUT2D eigenvalue weighted by molar-refractivity contribution is -0.134. The summed E-state index contributed by atoms with van der Waals surface area (Å²) in [5.41, 5.74) is 0.538. The number of carbonyl (C=O) groups excluding carboxylic acids is 3. The lowest BCUT2D eigenvalue weighted by atomic mass is 10.1. The molecule has 0 aromatic rings. The highest BCUT2D eigenvalue weighted by molar-refractivity contribution is 5.82. The highest BCUT2D eigenvalue weighted by atomic mass is 16.5. The van der Waals surface area contributed by atoms with Crippen molar-refractivity contribution in [3.63, 3.8) is 0 Å². The summed E-state index contributed by atoms with van der Waals surface area (Å²) in [6.07, 6.45) is 5.04. The Bertz CT molecular complexity index is 368. The molecule has 106 valence electrons. The average Bonchev–Trinajstić information content (AvgIpc) is 2.42. The maximum absolute atomic E-state index is 11.3. The summed E-state index contributed by atoms with van der Waals surface area (Å²) in [7, 11) is 1.27. The van der Waals surface area contributed by atoms with Crippen LogP contribution in [0, 0.1) is 5.92 Å². The van der Waals surface area contributed by atoms with Crippen LogP contribution < -0.4 is 0 Å². The van der Waals surface area contributed by atoms with Crippen LogP contribution in [0.3, 0.4) is 0 Å². The molecule has 1 atom stereocenters. The van der Waals surface area contributed by atoms with Crippen molar-refractivity contribution in [3.05, 3.63) is 23.8 Å². The molecule has 0 heterocycles. The molecule has 0 aliphatic rings. The van der Waals surface area contributed by atoms with Crippen LogP contribution in [0.2, 0.25) is 0 Å². The predicted molar refractivity (Wildman–Crippen MR) is 70.6 cm³/mol. The molecule has 0 N–H and O–H groups in total. The SMILES string of the molecule is CCC(=O)[C@@H](C)COCC(/C=C\C(=O)OC)=C/C=O. The molecule has 0 rings (SSSR count). The van der Waals surface area contributed by atoms with Gasteiger partial charge in [0.1, 0.15) is 12.1 Å². The maximum Gasteiger partial charge on any atom is 0.330 e. The van der Waals surface area contributed by atoms with Crippen molar-refractivity contribution in [1.82, 2.24) is 0 Å². The van der Waals surface area contributed by atoms with E-state index in [1.54, 1.807) is 13.8 Å². The van der Waals surface area contributed by atoms with Crippen LogP contribution >= 0.6 is 0 Å². The zero-order valence-corrected chi connectivity index (χ0v) is 11.5. The molecule has 0 saturated carbocycles. The molecule has 0 unspecified atom stereocenters. The zero-order valence-electron chi connectivity index (χ0n) is 11.5. The fourth-order valence-electron chi connectivity index (χ4n) is 1.28. The summed E-state index contributed by atoms with van der Waals surface area (Å²) in [6.45, 7) is 4.04. The van der Waals surface area contributed by atoms with Gasteiger partial charge in [0.25, 0.3) is 0 Å². The van der Waals surface area contributed by atoms with Crippen molar-refractivity contribution in [1.29, 1.82) is 0 Å². The first kappa shape index (κ1) is 17.2. The topological polar surface area (TPSA) is 69.7 Å². The van der Waals surface area contributed by atoms with E-state index in [1.807, 2.05) is 0 Å². The van der Waals surface area contributed by atoms with E-state index in [1.165, 1.54) is 25.3 Å². The van der Waals surface area contributed by atoms with Crippen molar-refractivity contribution in [2.75, 3.05) is 20.3 Å². The number of Topliss-reactive ketones (excluding diaryl/α,β-unsaturated/α-hetero) is 1. The number of methoxy groups -OCH3 is 1. The molecule has 0 aromatic carbocycles. The van der Waals surface area contributed by atoms with Crippen molar-refractivity contribution in [3.8, 4) is 0 Å². The van der Waals surface area contributed by atoms with E-state index in [4.69, 9.17) is 4.74 Å². The van der Waals surface area contributed by atoms with E-state index in [-0.39, 0.29) is 24.9 Å². The van der Waals surface area contributed by atoms with E-state index >= 15 is 0 Å². The van der Waals surface area contributed by atoms with Gasteiger partial charge in [-0.1, -0.05) is 13.8 Å². The van der Waals surface area contributed by atoms with Gasteiger partial charge in [0.05, 0.1) is 20.3 Å². The largest absolute Gasteiger partial charge is 0.466 e. The Morgan fingerprint density at radius 1 is 1.26 bits per heavy atom. The number of ether oxygens (including phenoxy) is 2. The van der Waals surface area contributed by atoms with Crippen LogP contribution in [0.1, 0.15) is 20.3 Å². The van der Waals surface area contributed by atoms with Gasteiger partial charge in [-0.05, 0) is 17.7 Å². The standard InChI is InChI=1S/C14H20O5/c1-4-13(16)11(2)9-19-10-12(7-8-15)5-6-14(17)18-3/h5-8,11H,4,9-10H2,1-3H3/b6-5-,12-7+/t11-/m0/s1. The third-order valence-corrected chi connectivity index (χ3v) is 2.45. The number of aldehydes is 1. The van der Waals surface area contributed by atoms with E-state index < -0.39 is 5.97 Å². The Morgan fingerprint density at radius 2 is 1.95 bits per heavy atom. The van der Waals surface area contributed by atoms with Gasteiger partial charge in [-0.2, -0.15) is 0 Å². The molecule has 0 bridgehead atoms. The molecule has 0 aliphatic heterocycles. The smallest absolute Gasteiger partial charge is 0.330 e. The minimum absolute atomic E-state index is 0.131. The number of allylic oxidation sites excluding steroid dienone is 1. The molecule has 0 fully saturated rings. The first-order chi connectivity index (χ1) is 9.04. The van der Waals surface area contributed by atoms with Gasteiger partial charge in [-0.3, -0.25) is 9.59 Å². The maximum atomic E-state index is 11.3. The highest BCUT2D eigenvalue weighted by Gasteiger charge is 2.10. The van der Waals surface area contributed by atoms with Gasteiger partial charge in [-0.15, -0.1) is 0 Å².